The van der Waals surface area contributed by atoms with Crippen LogP contribution in [-0.2, 0) is 61.9 Å². The standard InChI is InChI=1S/C35H48O13/c1-13-27(12)33(41)48-21-35(19-46-31(39)25(8)9,20-47-32(40)26(10)11)15-42-14-34(16-43-28(36)22(2)3,17-44-29(37)23(4)5)18-45-30(38)24(6)7/h2,4,6,8,10,12-21H2,1,3,5,7,9,11H3. The molecule has 0 bridgehead atoms. The topological polar surface area (TPSA) is 167 Å². The number of rotatable bonds is 23. The molecule has 0 N–H and O–H groups in total. The van der Waals surface area contributed by atoms with Gasteiger partial charge in [-0.15, -0.1) is 0 Å². The van der Waals surface area contributed by atoms with Gasteiger partial charge in [0, 0.05) is 33.4 Å². The third-order valence-electron chi connectivity index (χ3n) is 6.33. The molecule has 0 aliphatic carbocycles. The van der Waals surface area contributed by atoms with Crippen molar-refractivity contribution in [1.82, 2.24) is 0 Å². The number of hydrogen-bond acceptors (Lipinski definition) is 13. The van der Waals surface area contributed by atoms with Gasteiger partial charge < -0.3 is 33.2 Å². The molecule has 0 radical (unpaired) electrons. The highest BCUT2D eigenvalue weighted by molar-refractivity contribution is 5.89. The summed E-state index contributed by atoms with van der Waals surface area (Å²) in [7, 11) is 0. The molecule has 0 atom stereocenters. The van der Waals surface area contributed by atoms with E-state index in [1.807, 2.05) is 0 Å². The molecular formula is C35H48O13. The minimum atomic E-state index is -1.53. The number of carbonyl (C=O) groups excluding carboxylic acids is 6. The van der Waals surface area contributed by atoms with Gasteiger partial charge in [0.25, 0.3) is 0 Å². The molecular weight excluding hydrogens is 628 g/mol. The van der Waals surface area contributed by atoms with Crippen LogP contribution in [0.15, 0.2) is 72.9 Å². The lowest BCUT2D eigenvalue weighted by molar-refractivity contribution is -0.170. The van der Waals surface area contributed by atoms with Crippen LogP contribution in [0, 0.1) is 10.8 Å². The highest BCUT2D eigenvalue weighted by Crippen LogP contribution is 2.27. The van der Waals surface area contributed by atoms with E-state index in [9.17, 15) is 28.8 Å². The van der Waals surface area contributed by atoms with Crippen molar-refractivity contribution >= 4 is 35.8 Å². The monoisotopic (exact) mass is 676 g/mol. The van der Waals surface area contributed by atoms with Gasteiger partial charge in [-0.3, -0.25) is 0 Å². The Bertz CT molecular complexity index is 1210. The Morgan fingerprint density at radius 2 is 0.604 bits per heavy atom. The van der Waals surface area contributed by atoms with Gasteiger partial charge in [0.15, 0.2) is 0 Å². The fourth-order valence-electron chi connectivity index (χ4n) is 3.16. The zero-order valence-corrected chi connectivity index (χ0v) is 28.9. The van der Waals surface area contributed by atoms with E-state index in [1.54, 1.807) is 6.92 Å². The van der Waals surface area contributed by atoms with E-state index in [4.69, 9.17) is 33.2 Å². The molecule has 13 nitrogen and oxygen atoms in total. The average Bonchev–Trinajstić information content (AvgIpc) is 3.03. The summed E-state index contributed by atoms with van der Waals surface area (Å²) in [6.07, 6.45) is 0.287. The molecule has 0 aliphatic rings. The van der Waals surface area contributed by atoms with Crippen molar-refractivity contribution in [3.8, 4) is 0 Å². The molecule has 48 heavy (non-hydrogen) atoms. The van der Waals surface area contributed by atoms with E-state index in [1.165, 1.54) is 34.6 Å². The molecule has 0 unspecified atom stereocenters. The summed E-state index contributed by atoms with van der Waals surface area (Å²) >= 11 is 0. The smallest absolute Gasteiger partial charge is 0.333 e. The van der Waals surface area contributed by atoms with Gasteiger partial charge in [-0.05, 0) is 41.0 Å². The van der Waals surface area contributed by atoms with E-state index in [0.29, 0.717) is 0 Å². The van der Waals surface area contributed by atoms with Gasteiger partial charge in [0.2, 0.25) is 0 Å². The quantitative estimate of drug-likeness (QED) is 0.0864. The molecule has 0 aromatic carbocycles. The fourth-order valence-corrected chi connectivity index (χ4v) is 3.16. The molecule has 0 fully saturated rings. The zero-order chi connectivity index (χ0) is 37.2. The molecule has 0 spiro atoms. The maximum absolute atomic E-state index is 12.6. The Kier molecular flexibility index (Phi) is 18.4. The van der Waals surface area contributed by atoms with E-state index in [0.717, 1.165) is 0 Å². The van der Waals surface area contributed by atoms with Crippen molar-refractivity contribution in [2.75, 3.05) is 52.9 Å². The van der Waals surface area contributed by atoms with Crippen LogP contribution in [0.3, 0.4) is 0 Å². The molecule has 0 aromatic rings. The van der Waals surface area contributed by atoms with Gasteiger partial charge >= 0.3 is 35.8 Å². The van der Waals surface area contributed by atoms with Crippen molar-refractivity contribution in [3.05, 3.63) is 72.9 Å². The molecule has 266 valence electrons. The highest BCUT2D eigenvalue weighted by atomic mass is 16.6. The summed E-state index contributed by atoms with van der Waals surface area (Å²) in [6.45, 7) is 26.5. The summed E-state index contributed by atoms with van der Waals surface area (Å²) in [5.74, 6) is -4.67. The molecule has 0 rings (SSSR count). The lowest BCUT2D eigenvalue weighted by Gasteiger charge is -2.35. The molecule has 0 aromatic heterocycles. The fraction of sp³-hybridized carbons (Fsp3) is 0.486. The SMILES string of the molecule is C=C(C)C(=O)OCC(COCC(COC(=O)C(=C)C)(COC(=O)C(=C)C)COC(=O)C(=C)CC)(COC(=O)C(=C)C)COC(=O)C(=C)C. The first-order valence-corrected chi connectivity index (χ1v) is 14.8. The van der Waals surface area contributed by atoms with E-state index in [-0.39, 0.29) is 39.9 Å². The molecule has 0 saturated heterocycles. The van der Waals surface area contributed by atoms with Crippen LogP contribution in [0.1, 0.15) is 48.0 Å². The predicted octanol–water partition coefficient (Wildman–Crippen LogP) is 4.08. The first-order chi connectivity index (χ1) is 22.2. The molecule has 0 heterocycles. The minimum absolute atomic E-state index is 0.0656. The third-order valence-corrected chi connectivity index (χ3v) is 6.33. The average molecular weight is 677 g/mol. The Morgan fingerprint density at radius 1 is 0.396 bits per heavy atom. The van der Waals surface area contributed by atoms with E-state index in [2.05, 4.69) is 39.5 Å². The van der Waals surface area contributed by atoms with Crippen molar-refractivity contribution in [2.24, 2.45) is 10.8 Å². The van der Waals surface area contributed by atoms with Crippen molar-refractivity contribution in [2.45, 2.75) is 48.0 Å². The Labute approximate surface area is 282 Å². The van der Waals surface area contributed by atoms with Gasteiger partial charge in [-0.25, -0.2) is 28.8 Å². The maximum atomic E-state index is 12.6. The summed E-state index contributed by atoms with van der Waals surface area (Å²) < 4.78 is 38.5. The molecule has 0 aliphatic heterocycles. The summed E-state index contributed by atoms with van der Waals surface area (Å²) in [4.78, 5) is 74.5. The minimum Gasteiger partial charge on any atom is -0.461 e. The van der Waals surface area contributed by atoms with Crippen LogP contribution >= 0.6 is 0 Å². The van der Waals surface area contributed by atoms with Crippen LogP contribution in [0.25, 0.3) is 0 Å². The van der Waals surface area contributed by atoms with Crippen LogP contribution < -0.4 is 0 Å². The summed E-state index contributed by atoms with van der Waals surface area (Å²) in [5, 5.41) is 0. The second-order valence-electron chi connectivity index (χ2n) is 11.8. The largest absolute Gasteiger partial charge is 0.461 e. The Morgan fingerprint density at radius 3 is 0.792 bits per heavy atom. The molecule has 0 amide bonds. The number of carbonyl (C=O) groups is 6. The molecule has 0 saturated carbocycles. The van der Waals surface area contributed by atoms with E-state index < -0.39 is 99.5 Å². The maximum Gasteiger partial charge on any atom is 0.333 e. The van der Waals surface area contributed by atoms with Gasteiger partial charge in [0.1, 0.15) is 39.6 Å². The van der Waals surface area contributed by atoms with E-state index >= 15 is 0 Å². The summed E-state index contributed by atoms with van der Waals surface area (Å²) in [5.41, 5.74) is -2.57. The van der Waals surface area contributed by atoms with Gasteiger partial charge in [-0.1, -0.05) is 46.4 Å². The highest BCUT2D eigenvalue weighted by Gasteiger charge is 2.41. The zero-order valence-electron chi connectivity index (χ0n) is 28.9. The first kappa shape index (κ1) is 43.2. The second-order valence-corrected chi connectivity index (χ2v) is 11.8. The Balaban J connectivity index is 6.77. The Hall–Kier alpha value is -4.78. The van der Waals surface area contributed by atoms with Crippen LogP contribution in [0.5, 0.6) is 0 Å². The van der Waals surface area contributed by atoms with Gasteiger partial charge in [0.05, 0.1) is 24.0 Å². The van der Waals surface area contributed by atoms with Crippen LogP contribution in [0.4, 0.5) is 0 Å². The van der Waals surface area contributed by atoms with Crippen molar-refractivity contribution in [3.63, 3.8) is 0 Å². The number of ether oxygens (including phenoxy) is 7. The van der Waals surface area contributed by atoms with Crippen LogP contribution in [0.2, 0.25) is 0 Å². The number of hydrogen-bond donors (Lipinski definition) is 0. The normalized spacial score (nSPS) is 10.9. The predicted molar refractivity (Wildman–Crippen MR) is 175 cm³/mol. The lowest BCUT2D eigenvalue weighted by Crippen LogP contribution is -2.47. The molecule has 13 heteroatoms. The van der Waals surface area contributed by atoms with Crippen molar-refractivity contribution in [1.29, 1.82) is 0 Å². The van der Waals surface area contributed by atoms with Crippen LogP contribution in [-0.4, -0.2) is 88.7 Å². The van der Waals surface area contributed by atoms with Crippen molar-refractivity contribution < 1.29 is 61.9 Å². The number of esters is 6. The second kappa shape index (κ2) is 20.5. The third kappa shape index (κ3) is 15.7. The first-order valence-electron chi connectivity index (χ1n) is 14.8. The lowest BCUT2D eigenvalue weighted by atomic mass is 9.90. The van der Waals surface area contributed by atoms with Gasteiger partial charge in [-0.2, -0.15) is 0 Å². The summed E-state index contributed by atoms with van der Waals surface area (Å²) in [6, 6.07) is 0.